The van der Waals surface area contributed by atoms with Crippen molar-refractivity contribution in [3.63, 3.8) is 0 Å². The van der Waals surface area contributed by atoms with Gasteiger partial charge in [-0.2, -0.15) is 0 Å². The fourth-order valence-corrected chi connectivity index (χ4v) is 9.09. The maximum Gasteiger partial charge on any atom is 0.335 e. The summed E-state index contributed by atoms with van der Waals surface area (Å²) in [5.41, 5.74) is 10.4. The highest BCUT2D eigenvalue weighted by Gasteiger charge is 2.26. The van der Waals surface area contributed by atoms with Gasteiger partial charge in [0.25, 0.3) is 0 Å². The lowest BCUT2D eigenvalue weighted by Crippen LogP contribution is -2.28. The van der Waals surface area contributed by atoms with E-state index >= 15 is 0 Å². The summed E-state index contributed by atoms with van der Waals surface area (Å²) in [5, 5.41) is 11.0. The van der Waals surface area contributed by atoms with Gasteiger partial charge in [0.15, 0.2) is 0 Å². The summed E-state index contributed by atoms with van der Waals surface area (Å²) in [7, 11) is 0.248. The first-order valence-electron chi connectivity index (χ1n) is 19.1. The fraction of sp³-hybridized carbons (Fsp3) is 0.188. The quantitative estimate of drug-likeness (QED) is 0.102. The Hall–Kier alpha value is -5.67. The fourth-order valence-electron chi connectivity index (χ4n) is 7.74. The van der Waals surface area contributed by atoms with Crippen molar-refractivity contribution in [1.82, 2.24) is 9.29 Å². The Balaban J connectivity index is 1.23. The average molecular weight is 796 g/mol. The Kier molecular flexibility index (Phi) is 12.2. The van der Waals surface area contributed by atoms with E-state index in [0.29, 0.717) is 17.9 Å². The van der Waals surface area contributed by atoms with Crippen molar-refractivity contribution < 1.29 is 18.3 Å². The number of carboxylic acid groups (broad SMARTS) is 1. The second kappa shape index (κ2) is 17.6. The Bertz CT molecular complexity index is 2530. The number of aromatic nitrogens is 1. The Labute approximate surface area is 340 Å². The molecule has 0 aliphatic heterocycles. The monoisotopic (exact) mass is 795 g/mol. The number of sulfonamides is 1. The van der Waals surface area contributed by atoms with Crippen molar-refractivity contribution >= 4 is 44.2 Å². The van der Waals surface area contributed by atoms with Gasteiger partial charge in [0.05, 0.1) is 17.4 Å². The minimum absolute atomic E-state index is 0.151. The first-order valence-corrected chi connectivity index (χ1v) is 21.2. The molecule has 7 nitrogen and oxygen atoms in total. The summed E-state index contributed by atoms with van der Waals surface area (Å²) >= 11 is 6.70. The van der Waals surface area contributed by atoms with E-state index in [4.69, 9.17) is 11.6 Å². The molecule has 0 fully saturated rings. The van der Waals surface area contributed by atoms with Gasteiger partial charge in [0.1, 0.15) is 0 Å². The molecule has 1 heterocycles. The van der Waals surface area contributed by atoms with Gasteiger partial charge >= 0.3 is 5.97 Å². The predicted octanol–water partition coefficient (Wildman–Crippen LogP) is 10.2. The zero-order valence-electron chi connectivity index (χ0n) is 32.1. The van der Waals surface area contributed by atoms with E-state index in [1.54, 1.807) is 12.1 Å². The molecule has 0 amide bonds. The molecule has 57 heavy (non-hydrogen) atoms. The maximum atomic E-state index is 13.9. The van der Waals surface area contributed by atoms with Crippen LogP contribution in [0.5, 0.6) is 0 Å². The molecule has 6 aromatic carbocycles. The number of rotatable bonds is 16. The van der Waals surface area contributed by atoms with Gasteiger partial charge < -0.3 is 14.6 Å². The summed E-state index contributed by atoms with van der Waals surface area (Å²) in [4.78, 5) is 13.5. The molecule has 9 heteroatoms. The second-order valence-electron chi connectivity index (χ2n) is 14.5. The van der Waals surface area contributed by atoms with E-state index in [0.717, 1.165) is 74.1 Å². The van der Waals surface area contributed by atoms with Gasteiger partial charge in [-0.15, -0.1) is 0 Å². The number of carbonyl (C=O) groups is 1. The van der Waals surface area contributed by atoms with Gasteiger partial charge in [-0.3, -0.25) is 0 Å². The van der Waals surface area contributed by atoms with Crippen LogP contribution in [0.25, 0.3) is 22.0 Å². The molecular weight excluding hydrogens is 750 g/mol. The minimum Gasteiger partial charge on any atom is -0.478 e. The first-order chi connectivity index (χ1) is 27.6. The summed E-state index contributed by atoms with van der Waals surface area (Å²) in [5.74, 6) is -1.10. The van der Waals surface area contributed by atoms with Crippen LogP contribution in [-0.4, -0.2) is 44.7 Å². The van der Waals surface area contributed by atoms with Crippen molar-refractivity contribution in [3.8, 4) is 11.1 Å². The van der Waals surface area contributed by atoms with Gasteiger partial charge in [0.2, 0.25) is 10.0 Å². The molecule has 0 spiro atoms. The van der Waals surface area contributed by atoms with Crippen LogP contribution in [-0.2, 0) is 35.0 Å². The predicted molar refractivity (Wildman–Crippen MR) is 233 cm³/mol. The molecular formula is C48H46ClN3O4S. The number of hydrogen-bond acceptors (Lipinski definition) is 4. The summed E-state index contributed by atoms with van der Waals surface area (Å²) in [6.45, 7) is 0.200. The van der Waals surface area contributed by atoms with Gasteiger partial charge in [-0.05, 0) is 101 Å². The number of benzene rings is 6. The molecule has 0 unspecified atom stereocenters. The summed E-state index contributed by atoms with van der Waals surface area (Å²) in [6.07, 6.45) is 2.70. The smallest absolute Gasteiger partial charge is 0.335 e. The lowest BCUT2D eigenvalue weighted by atomic mass is 9.97. The van der Waals surface area contributed by atoms with E-state index in [1.807, 2.05) is 128 Å². The number of anilines is 1. The van der Waals surface area contributed by atoms with Gasteiger partial charge in [-0.1, -0.05) is 121 Å². The zero-order valence-corrected chi connectivity index (χ0v) is 33.7. The number of aryl methyl sites for hydroxylation is 2. The van der Waals surface area contributed by atoms with Crippen LogP contribution in [0.1, 0.15) is 56.3 Å². The van der Waals surface area contributed by atoms with Crippen molar-refractivity contribution in [2.45, 2.75) is 37.5 Å². The molecule has 7 rings (SSSR count). The van der Waals surface area contributed by atoms with Crippen LogP contribution in [0.15, 0.2) is 152 Å². The molecule has 7 aromatic rings. The van der Waals surface area contributed by atoms with Gasteiger partial charge in [-0.25, -0.2) is 17.9 Å². The molecule has 0 saturated carbocycles. The average Bonchev–Trinajstić information content (AvgIpc) is 3.50. The Morgan fingerprint density at radius 1 is 0.754 bits per heavy atom. The third kappa shape index (κ3) is 9.32. The number of aromatic carboxylic acids is 1. The highest BCUT2D eigenvalue weighted by Crippen LogP contribution is 2.38. The van der Waals surface area contributed by atoms with Crippen molar-refractivity contribution in [3.05, 3.63) is 196 Å². The largest absolute Gasteiger partial charge is 0.478 e. The topological polar surface area (TPSA) is 91.6 Å². The van der Waals surface area contributed by atoms with Crippen LogP contribution in [0.2, 0.25) is 5.02 Å². The lowest BCUT2D eigenvalue weighted by molar-refractivity contribution is 0.0697. The Morgan fingerprint density at radius 2 is 1.39 bits per heavy atom. The molecule has 0 atom stereocenters. The Morgan fingerprint density at radius 3 is 2.02 bits per heavy atom. The molecule has 0 aliphatic rings. The molecule has 0 saturated heterocycles. The van der Waals surface area contributed by atoms with E-state index in [2.05, 4.69) is 39.6 Å². The minimum atomic E-state index is -3.74. The van der Waals surface area contributed by atoms with E-state index < -0.39 is 16.0 Å². The highest BCUT2D eigenvalue weighted by molar-refractivity contribution is 7.88. The second-order valence-corrected chi connectivity index (χ2v) is 16.8. The molecule has 0 aliphatic carbocycles. The third-order valence-corrected chi connectivity index (χ3v) is 12.1. The lowest BCUT2D eigenvalue weighted by Gasteiger charge is -2.25. The highest BCUT2D eigenvalue weighted by atomic mass is 35.5. The molecule has 0 bridgehead atoms. The third-order valence-electron chi connectivity index (χ3n) is 10.5. The van der Waals surface area contributed by atoms with Crippen LogP contribution < -0.4 is 9.62 Å². The SMILES string of the molecule is CN(C)c1ccc(-c2ccccc2CS(=O)(=O)NCCc2c(CCCc3ccc(C(=O)O)cc3)c3cc(Cl)ccc3n2C(c2ccccc2)c2ccccc2)cc1. The number of carboxylic acids is 1. The maximum absolute atomic E-state index is 13.9. The number of nitrogens with zero attached hydrogens (tertiary/aromatic N) is 2. The molecule has 2 N–H and O–H groups in total. The normalized spacial score (nSPS) is 11.6. The van der Waals surface area contributed by atoms with Crippen molar-refractivity contribution in [2.24, 2.45) is 0 Å². The van der Waals surface area contributed by atoms with E-state index in [-0.39, 0.29) is 23.9 Å². The molecule has 1 aromatic heterocycles. The van der Waals surface area contributed by atoms with Crippen LogP contribution in [0, 0.1) is 0 Å². The van der Waals surface area contributed by atoms with E-state index in [9.17, 15) is 18.3 Å². The number of halogens is 1. The van der Waals surface area contributed by atoms with Crippen LogP contribution in [0.4, 0.5) is 5.69 Å². The zero-order chi connectivity index (χ0) is 39.9. The van der Waals surface area contributed by atoms with E-state index in [1.165, 1.54) is 0 Å². The van der Waals surface area contributed by atoms with Crippen molar-refractivity contribution in [2.75, 3.05) is 25.5 Å². The standard InChI is InChI=1S/C48H46ClN3O4S/c1-51(2)41-27-24-35(25-28-41)42-18-10-9-17-39(42)33-57(55,56)50-31-30-46-43(19-11-12-34-20-22-38(23-21-34)48(53)54)44-32-40(49)26-29-45(44)52(46)47(36-13-5-3-6-14-36)37-15-7-4-8-16-37/h3-10,13-18,20-29,32,47,50H,11-12,19,30-31,33H2,1-2H3,(H,53,54). The molecule has 0 radical (unpaired) electrons. The van der Waals surface area contributed by atoms with Gasteiger partial charge in [0, 0.05) is 54.4 Å². The molecule has 290 valence electrons. The summed E-state index contributed by atoms with van der Waals surface area (Å²) < 4.78 is 33.1. The van der Waals surface area contributed by atoms with Crippen LogP contribution >= 0.6 is 11.6 Å². The first kappa shape index (κ1) is 39.6. The number of fused-ring (bicyclic) bond motifs is 1. The number of nitrogens with one attached hydrogen (secondary N) is 1. The number of hydrogen-bond donors (Lipinski definition) is 2. The van der Waals surface area contributed by atoms with Crippen LogP contribution in [0.3, 0.4) is 0 Å². The summed E-state index contributed by atoms with van der Waals surface area (Å²) in [6, 6.07) is 49.4. The van der Waals surface area contributed by atoms with Crippen molar-refractivity contribution in [1.29, 1.82) is 0 Å².